The Morgan fingerprint density at radius 2 is 1.67 bits per heavy atom. The first-order valence-electron chi connectivity index (χ1n) is 5.66. The first kappa shape index (κ1) is 19.4. The molecule has 0 saturated carbocycles. The summed E-state index contributed by atoms with van der Waals surface area (Å²) in [6.07, 6.45) is 0. The molecule has 0 rings (SSSR count). The van der Waals surface area contributed by atoms with E-state index in [4.69, 9.17) is 4.52 Å². The van der Waals surface area contributed by atoms with Gasteiger partial charge in [-0.25, -0.2) is 0 Å². The molecule has 0 aromatic heterocycles. The summed E-state index contributed by atoms with van der Waals surface area (Å²) >= 11 is 0. The zero-order chi connectivity index (χ0) is 14.6. The van der Waals surface area contributed by atoms with Crippen LogP contribution >= 0.6 is 7.60 Å². The summed E-state index contributed by atoms with van der Waals surface area (Å²) in [5.41, 5.74) is 0. The van der Waals surface area contributed by atoms with Crippen molar-refractivity contribution >= 4 is 19.4 Å². The minimum atomic E-state index is -3.11. The molecule has 0 saturated heterocycles. The topological polar surface area (TPSA) is 93.7 Å². The van der Waals surface area contributed by atoms with Crippen LogP contribution < -0.4 is 10.6 Å². The van der Waals surface area contributed by atoms with E-state index >= 15 is 0 Å². The lowest BCUT2D eigenvalue weighted by atomic mass is 10.5. The summed E-state index contributed by atoms with van der Waals surface area (Å²) in [4.78, 5) is 21.6. The number of rotatable bonds is 7. The molecule has 0 fully saturated rings. The van der Waals surface area contributed by atoms with Crippen molar-refractivity contribution < 1.29 is 23.2 Å². The Hall–Kier alpha value is -0.910. The molecule has 0 unspecified atom stereocenters. The third kappa shape index (κ3) is 13.2. The summed E-state index contributed by atoms with van der Waals surface area (Å²) in [5, 5.41) is 4.99. The van der Waals surface area contributed by atoms with E-state index in [0.717, 1.165) is 0 Å². The van der Waals surface area contributed by atoms with Crippen LogP contribution in [-0.2, 0) is 23.2 Å². The zero-order valence-corrected chi connectivity index (χ0v) is 12.5. The Labute approximate surface area is 108 Å². The Bertz CT molecular complexity index is 296. The molecule has 0 aromatic carbocycles. The third-order valence-corrected chi connectivity index (χ3v) is 2.84. The molecule has 0 aliphatic carbocycles. The predicted octanol–water partition coefficient (Wildman–Crippen LogP) is 0.751. The molecule has 7 nitrogen and oxygen atoms in total. The monoisotopic (exact) mass is 282 g/mol. The average Bonchev–Trinajstić information content (AvgIpc) is 2.34. The highest BCUT2D eigenvalue weighted by atomic mass is 31.2. The van der Waals surface area contributed by atoms with Gasteiger partial charge < -0.3 is 15.2 Å². The van der Waals surface area contributed by atoms with Gasteiger partial charge in [-0.3, -0.25) is 18.7 Å². The lowest BCUT2D eigenvalue weighted by Crippen LogP contribution is -2.35. The average molecular weight is 282 g/mol. The lowest BCUT2D eigenvalue weighted by Gasteiger charge is -2.11. The van der Waals surface area contributed by atoms with E-state index in [1.807, 2.05) is 13.8 Å². The summed E-state index contributed by atoms with van der Waals surface area (Å²) in [6.45, 7) is 6.97. The molecule has 0 aliphatic heterocycles. The Morgan fingerprint density at radius 1 is 1.17 bits per heavy atom. The molecule has 0 heterocycles. The molecule has 1 atom stereocenters. The van der Waals surface area contributed by atoms with Gasteiger partial charge in [-0.05, 0) is 0 Å². The van der Waals surface area contributed by atoms with Crippen LogP contribution in [0.1, 0.15) is 20.8 Å². The summed E-state index contributed by atoms with van der Waals surface area (Å²) in [6, 6.07) is 0. The molecule has 2 N–H and O–H groups in total. The van der Waals surface area contributed by atoms with E-state index in [1.54, 1.807) is 0 Å². The largest absolute Gasteiger partial charge is 0.355 e. The Kier molecular flexibility index (Phi) is 12.1. The molecule has 0 spiro atoms. The number of hydrogen-bond acceptors (Lipinski definition) is 5. The third-order valence-electron chi connectivity index (χ3n) is 1.58. The van der Waals surface area contributed by atoms with Crippen LogP contribution in [-0.4, -0.2) is 45.3 Å². The highest BCUT2D eigenvalue weighted by Crippen LogP contribution is 2.42. The van der Waals surface area contributed by atoms with Crippen molar-refractivity contribution in [3.05, 3.63) is 0 Å². The van der Waals surface area contributed by atoms with Gasteiger partial charge in [-0.15, -0.1) is 0 Å². The molecule has 0 aromatic rings. The van der Waals surface area contributed by atoms with Crippen LogP contribution in [0.15, 0.2) is 0 Å². The van der Waals surface area contributed by atoms with Crippen LogP contribution in [0, 0.1) is 0 Å². The van der Waals surface area contributed by atoms with Gasteiger partial charge in [0.2, 0.25) is 11.8 Å². The minimum absolute atomic E-state index is 0.164. The first-order chi connectivity index (χ1) is 8.37. The van der Waals surface area contributed by atoms with Gasteiger partial charge in [0.25, 0.3) is 0 Å². The number of nitrogens with one attached hydrogen (secondary N) is 2. The van der Waals surface area contributed by atoms with Gasteiger partial charge in [0, 0.05) is 33.8 Å². The number of carbonyl (C=O) groups is 2. The fourth-order valence-corrected chi connectivity index (χ4v) is 1.18. The van der Waals surface area contributed by atoms with Crippen molar-refractivity contribution in [3.8, 4) is 0 Å². The van der Waals surface area contributed by atoms with E-state index in [9.17, 15) is 14.2 Å². The predicted molar refractivity (Wildman–Crippen MR) is 69.5 cm³/mol. The zero-order valence-electron chi connectivity index (χ0n) is 11.6. The Balaban J connectivity index is 0. The molecular formula is C10H23N2O5P. The van der Waals surface area contributed by atoms with Crippen molar-refractivity contribution in [1.29, 1.82) is 0 Å². The second kappa shape index (κ2) is 11.2. The van der Waals surface area contributed by atoms with Gasteiger partial charge in [0.05, 0.1) is 0 Å². The maximum Gasteiger partial charge on any atom is 0.327 e. The van der Waals surface area contributed by atoms with Crippen molar-refractivity contribution in [2.24, 2.45) is 0 Å². The van der Waals surface area contributed by atoms with E-state index in [0.29, 0.717) is 13.1 Å². The fourth-order valence-electron chi connectivity index (χ4n) is 0.720. The molecule has 108 valence electrons. The van der Waals surface area contributed by atoms with E-state index in [2.05, 4.69) is 15.2 Å². The van der Waals surface area contributed by atoms with Gasteiger partial charge >= 0.3 is 7.60 Å². The second-order valence-corrected chi connectivity index (χ2v) is 5.23. The number of carbonyl (C=O) groups excluding carboxylic acids is 2. The lowest BCUT2D eigenvalue weighted by molar-refractivity contribution is -0.123. The minimum Gasteiger partial charge on any atom is -0.355 e. The van der Waals surface area contributed by atoms with Crippen LogP contribution in [0.25, 0.3) is 0 Å². The van der Waals surface area contributed by atoms with E-state index < -0.39 is 13.5 Å². The maximum absolute atomic E-state index is 11.2. The number of amides is 2. The van der Waals surface area contributed by atoms with Crippen molar-refractivity contribution in [1.82, 2.24) is 10.6 Å². The van der Waals surface area contributed by atoms with Crippen molar-refractivity contribution in [3.63, 3.8) is 0 Å². The van der Waals surface area contributed by atoms with E-state index in [-0.39, 0.29) is 12.5 Å². The van der Waals surface area contributed by atoms with Gasteiger partial charge in [-0.1, -0.05) is 13.8 Å². The van der Waals surface area contributed by atoms with Crippen LogP contribution in [0.2, 0.25) is 0 Å². The van der Waals surface area contributed by atoms with E-state index in [1.165, 1.54) is 20.7 Å². The van der Waals surface area contributed by atoms with Crippen LogP contribution in [0.5, 0.6) is 0 Å². The molecule has 0 radical (unpaired) electrons. The van der Waals surface area contributed by atoms with Crippen LogP contribution in [0.4, 0.5) is 0 Å². The normalized spacial score (nSPS) is 12.7. The highest BCUT2D eigenvalue weighted by molar-refractivity contribution is 7.52. The summed E-state index contributed by atoms with van der Waals surface area (Å²) in [7, 11) is -1.87. The summed E-state index contributed by atoms with van der Waals surface area (Å²) < 4.78 is 20.5. The van der Waals surface area contributed by atoms with Gasteiger partial charge in [0.15, 0.2) is 0 Å². The molecule has 18 heavy (non-hydrogen) atoms. The second-order valence-electron chi connectivity index (χ2n) is 3.06. The fraction of sp³-hybridized carbons (Fsp3) is 0.800. The molecule has 0 bridgehead atoms. The SMILES string of the molecule is CC.CO[P@@](C)(=O)OCC(=O)NCCNC(C)=O. The standard InChI is InChI=1S/C8H17N2O5P.C2H6/c1-7(11)9-4-5-10-8(12)6-15-16(3,13)14-2;1-2/h4-6H2,1-3H3,(H,9,11)(H,10,12);1-2H3/t16-;/m1./s1. The smallest absolute Gasteiger partial charge is 0.327 e. The van der Waals surface area contributed by atoms with Crippen molar-refractivity contribution in [2.75, 3.05) is 33.5 Å². The van der Waals surface area contributed by atoms with Gasteiger partial charge in [0.1, 0.15) is 6.61 Å². The van der Waals surface area contributed by atoms with Crippen molar-refractivity contribution in [2.45, 2.75) is 20.8 Å². The Morgan fingerprint density at radius 3 is 2.11 bits per heavy atom. The number of hydrogen-bond donors (Lipinski definition) is 2. The maximum atomic E-state index is 11.2. The molecule has 8 heteroatoms. The van der Waals surface area contributed by atoms with Gasteiger partial charge in [-0.2, -0.15) is 0 Å². The first-order valence-corrected chi connectivity index (χ1v) is 7.65. The highest BCUT2D eigenvalue weighted by Gasteiger charge is 2.16. The summed E-state index contributed by atoms with van der Waals surface area (Å²) in [5.74, 6) is -0.576. The van der Waals surface area contributed by atoms with Crippen LogP contribution in [0.3, 0.4) is 0 Å². The molecule has 0 aliphatic rings. The molecular weight excluding hydrogens is 259 g/mol. The molecule has 2 amide bonds. The quantitative estimate of drug-likeness (QED) is 0.531.